The van der Waals surface area contributed by atoms with Gasteiger partial charge < -0.3 is 10.1 Å². The molecule has 0 fully saturated rings. The predicted octanol–water partition coefficient (Wildman–Crippen LogP) is 4.44. The minimum Gasteiger partial charge on any atom is -0.491 e. The summed E-state index contributed by atoms with van der Waals surface area (Å²) >= 11 is 0. The third-order valence-corrected chi connectivity index (χ3v) is 3.19. The Labute approximate surface area is 121 Å². The van der Waals surface area contributed by atoms with Gasteiger partial charge in [0, 0.05) is 18.3 Å². The van der Waals surface area contributed by atoms with Crippen LogP contribution in [-0.4, -0.2) is 12.6 Å². The van der Waals surface area contributed by atoms with E-state index in [9.17, 15) is 0 Å². The Hall–Kier alpha value is -1.96. The van der Waals surface area contributed by atoms with Crippen LogP contribution in [-0.2, 0) is 6.42 Å². The molecule has 0 heterocycles. The average Bonchev–Trinajstić information content (AvgIpc) is 2.41. The third-order valence-electron chi connectivity index (χ3n) is 3.19. The van der Waals surface area contributed by atoms with E-state index in [2.05, 4.69) is 48.6 Å². The van der Waals surface area contributed by atoms with E-state index < -0.39 is 0 Å². The number of aryl methyl sites for hydroxylation is 1. The van der Waals surface area contributed by atoms with Gasteiger partial charge in [0.15, 0.2) is 0 Å². The van der Waals surface area contributed by atoms with E-state index in [4.69, 9.17) is 4.74 Å². The van der Waals surface area contributed by atoms with E-state index in [-0.39, 0.29) is 6.10 Å². The molecule has 0 amide bonds. The van der Waals surface area contributed by atoms with Gasteiger partial charge >= 0.3 is 0 Å². The van der Waals surface area contributed by atoms with Gasteiger partial charge in [0.25, 0.3) is 0 Å². The van der Waals surface area contributed by atoms with Crippen LogP contribution in [0.25, 0.3) is 0 Å². The molecule has 0 aliphatic heterocycles. The molecule has 2 aromatic carbocycles. The lowest BCUT2D eigenvalue weighted by molar-refractivity contribution is 0.242. The second-order valence-corrected chi connectivity index (χ2v) is 5.30. The molecule has 0 spiro atoms. The average molecular weight is 269 g/mol. The molecule has 0 saturated carbocycles. The van der Waals surface area contributed by atoms with E-state index in [0.717, 1.165) is 24.4 Å². The lowest BCUT2D eigenvalue weighted by atomic mass is 10.1. The maximum Gasteiger partial charge on any atom is 0.121 e. The Balaban J connectivity index is 1.89. The van der Waals surface area contributed by atoms with Crippen LogP contribution in [0.5, 0.6) is 5.75 Å². The van der Waals surface area contributed by atoms with Crippen molar-refractivity contribution in [2.45, 2.75) is 33.3 Å². The molecular weight excluding hydrogens is 246 g/mol. The zero-order valence-electron chi connectivity index (χ0n) is 12.5. The van der Waals surface area contributed by atoms with Gasteiger partial charge in [0.05, 0.1) is 6.10 Å². The Kier molecular flexibility index (Phi) is 5.05. The van der Waals surface area contributed by atoms with Crippen molar-refractivity contribution in [2.75, 3.05) is 11.9 Å². The van der Waals surface area contributed by atoms with Gasteiger partial charge in [-0.25, -0.2) is 0 Å². The van der Waals surface area contributed by atoms with Crippen molar-refractivity contribution in [3.63, 3.8) is 0 Å². The van der Waals surface area contributed by atoms with E-state index in [0.29, 0.717) is 0 Å². The van der Waals surface area contributed by atoms with E-state index in [1.54, 1.807) is 0 Å². The molecule has 20 heavy (non-hydrogen) atoms. The molecule has 0 saturated heterocycles. The summed E-state index contributed by atoms with van der Waals surface area (Å²) in [6.07, 6.45) is 1.24. The Morgan fingerprint density at radius 1 is 1.05 bits per heavy atom. The molecule has 0 aromatic heterocycles. The van der Waals surface area contributed by atoms with Crippen molar-refractivity contribution >= 4 is 5.69 Å². The molecule has 0 aliphatic carbocycles. The molecule has 1 N–H and O–H groups in total. The van der Waals surface area contributed by atoms with E-state index >= 15 is 0 Å². The van der Waals surface area contributed by atoms with Crippen LogP contribution in [0, 0.1) is 6.92 Å². The summed E-state index contributed by atoms with van der Waals surface area (Å²) in [5.41, 5.74) is 3.86. The van der Waals surface area contributed by atoms with Crippen LogP contribution in [0.2, 0.25) is 0 Å². The SMILES string of the molecule is Cc1ccccc1CCNc1cccc(OC(C)C)c1. The first-order valence-electron chi connectivity index (χ1n) is 7.20. The first-order valence-corrected chi connectivity index (χ1v) is 7.20. The fourth-order valence-electron chi connectivity index (χ4n) is 2.18. The predicted molar refractivity (Wildman–Crippen MR) is 85.6 cm³/mol. The Morgan fingerprint density at radius 2 is 1.85 bits per heavy atom. The highest BCUT2D eigenvalue weighted by atomic mass is 16.5. The van der Waals surface area contributed by atoms with Crippen molar-refractivity contribution < 1.29 is 4.74 Å². The fraction of sp³-hybridized carbons (Fsp3) is 0.333. The summed E-state index contributed by atoms with van der Waals surface area (Å²) in [5, 5.41) is 3.45. The van der Waals surface area contributed by atoms with Gasteiger partial charge in [-0.15, -0.1) is 0 Å². The number of hydrogen-bond donors (Lipinski definition) is 1. The lowest BCUT2D eigenvalue weighted by Crippen LogP contribution is -2.08. The summed E-state index contributed by atoms with van der Waals surface area (Å²) in [5.74, 6) is 0.917. The molecule has 0 radical (unpaired) electrons. The molecule has 2 nitrogen and oxygen atoms in total. The van der Waals surface area contributed by atoms with E-state index in [1.165, 1.54) is 11.1 Å². The molecule has 2 aromatic rings. The maximum atomic E-state index is 5.70. The summed E-state index contributed by atoms with van der Waals surface area (Å²) < 4.78 is 5.70. The van der Waals surface area contributed by atoms with Gasteiger partial charge in [-0.1, -0.05) is 30.3 Å². The molecule has 0 unspecified atom stereocenters. The number of hydrogen-bond acceptors (Lipinski definition) is 2. The van der Waals surface area contributed by atoms with Crippen LogP contribution in [0.3, 0.4) is 0 Å². The molecule has 0 aliphatic rings. The molecule has 0 bridgehead atoms. The summed E-state index contributed by atoms with van der Waals surface area (Å²) in [4.78, 5) is 0. The summed E-state index contributed by atoms with van der Waals surface area (Å²) in [6.45, 7) is 7.17. The highest BCUT2D eigenvalue weighted by Crippen LogP contribution is 2.18. The van der Waals surface area contributed by atoms with Crippen LogP contribution in [0.1, 0.15) is 25.0 Å². The van der Waals surface area contributed by atoms with Crippen LogP contribution >= 0.6 is 0 Å². The topological polar surface area (TPSA) is 21.3 Å². The minimum atomic E-state index is 0.206. The van der Waals surface area contributed by atoms with Gasteiger partial charge in [0.1, 0.15) is 5.75 Å². The molecule has 106 valence electrons. The number of nitrogens with one attached hydrogen (secondary N) is 1. The van der Waals surface area contributed by atoms with Crippen LogP contribution in [0.15, 0.2) is 48.5 Å². The van der Waals surface area contributed by atoms with Crippen LogP contribution in [0.4, 0.5) is 5.69 Å². The van der Waals surface area contributed by atoms with Crippen molar-refractivity contribution in [3.8, 4) is 5.75 Å². The second kappa shape index (κ2) is 6.99. The fourth-order valence-corrected chi connectivity index (χ4v) is 2.18. The lowest BCUT2D eigenvalue weighted by Gasteiger charge is -2.12. The summed E-state index contributed by atoms with van der Waals surface area (Å²) in [6, 6.07) is 16.7. The molecule has 2 heteroatoms. The zero-order chi connectivity index (χ0) is 14.4. The quantitative estimate of drug-likeness (QED) is 0.837. The first-order chi connectivity index (χ1) is 9.65. The standard InChI is InChI=1S/C18H23NO/c1-14(2)20-18-10-6-9-17(13-18)19-12-11-16-8-5-4-7-15(16)3/h4-10,13-14,19H,11-12H2,1-3H3. The Morgan fingerprint density at radius 3 is 2.60 bits per heavy atom. The van der Waals surface area contributed by atoms with Crippen molar-refractivity contribution in [1.29, 1.82) is 0 Å². The van der Waals surface area contributed by atoms with Gasteiger partial charge in [-0.2, -0.15) is 0 Å². The number of benzene rings is 2. The van der Waals surface area contributed by atoms with Gasteiger partial charge in [-0.3, -0.25) is 0 Å². The largest absolute Gasteiger partial charge is 0.491 e. The Bertz CT molecular complexity index is 549. The maximum absolute atomic E-state index is 5.70. The first kappa shape index (κ1) is 14.4. The highest BCUT2D eigenvalue weighted by molar-refractivity contribution is 5.48. The third kappa shape index (κ3) is 4.30. The minimum absolute atomic E-state index is 0.206. The number of anilines is 1. The van der Waals surface area contributed by atoms with Crippen molar-refractivity contribution in [1.82, 2.24) is 0 Å². The van der Waals surface area contributed by atoms with Crippen molar-refractivity contribution in [3.05, 3.63) is 59.7 Å². The second-order valence-electron chi connectivity index (χ2n) is 5.30. The highest BCUT2D eigenvalue weighted by Gasteiger charge is 2.00. The normalized spacial score (nSPS) is 10.6. The van der Waals surface area contributed by atoms with Gasteiger partial charge in [0.2, 0.25) is 0 Å². The number of rotatable bonds is 6. The van der Waals surface area contributed by atoms with Crippen LogP contribution < -0.4 is 10.1 Å². The molecule has 0 atom stereocenters. The monoisotopic (exact) mass is 269 g/mol. The van der Waals surface area contributed by atoms with E-state index in [1.807, 2.05) is 26.0 Å². The number of ether oxygens (including phenoxy) is 1. The molecule has 2 rings (SSSR count). The summed E-state index contributed by atoms with van der Waals surface area (Å²) in [7, 11) is 0. The zero-order valence-corrected chi connectivity index (χ0v) is 12.5. The van der Waals surface area contributed by atoms with Crippen molar-refractivity contribution in [2.24, 2.45) is 0 Å². The van der Waals surface area contributed by atoms with Gasteiger partial charge in [-0.05, 0) is 50.5 Å². The molecular formula is C18H23NO. The smallest absolute Gasteiger partial charge is 0.121 e.